The first-order chi connectivity index (χ1) is 9.86. The van der Waals surface area contributed by atoms with Gasteiger partial charge in [0.1, 0.15) is 11.8 Å². The number of nitrogens with zero attached hydrogens (tertiary/aromatic N) is 1. The number of allylic oxidation sites excluding steroid dienone is 1. The zero-order valence-electron chi connectivity index (χ0n) is 12.8. The molecule has 0 aliphatic carbocycles. The second-order valence-electron chi connectivity index (χ2n) is 5.11. The SMILES string of the molecule is C/C=C/CC(NC(=O)CC(C)c1c(C)noc1C)C(=O)O. The fourth-order valence-corrected chi connectivity index (χ4v) is 2.32. The van der Waals surface area contributed by atoms with E-state index in [-0.39, 0.29) is 24.7 Å². The Morgan fingerprint density at radius 3 is 2.57 bits per heavy atom. The minimum Gasteiger partial charge on any atom is -0.480 e. The average molecular weight is 294 g/mol. The standard InChI is InChI=1S/C15H22N2O4/c1-5-6-7-12(15(19)20)16-13(18)8-9(2)14-10(3)17-21-11(14)4/h5-6,9,12H,7-8H2,1-4H3,(H,16,18)(H,19,20)/b6-5+. The predicted octanol–water partition coefficient (Wildman–Crippen LogP) is 2.32. The Bertz CT molecular complexity index is 514. The lowest BCUT2D eigenvalue weighted by Crippen LogP contribution is -2.40. The molecule has 1 amide bonds. The van der Waals surface area contributed by atoms with Crippen LogP contribution in [0.1, 0.15) is 49.6 Å². The summed E-state index contributed by atoms with van der Waals surface area (Å²) in [6, 6.07) is -0.898. The summed E-state index contributed by atoms with van der Waals surface area (Å²) in [5, 5.41) is 15.5. The molecule has 0 radical (unpaired) electrons. The van der Waals surface area contributed by atoms with Crippen LogP contribution in [0.3, 0.4) is 0 Å². The molecule has 0 saturated carbocycles. The van der Waals surface area contributed by atoms with Crippen molar-refractivity contribution in [1.82, 2.24) is 10.5 Å². The van der Waals surface area contributed by atoms with Crippen LogP contribution in [0.5, 0.6) is 0 Å². The van der Waals surface area contributed by atoms with E-state index in [1.807, 2.05) is 13.8 Å². The lowest BCUT2D eigenvalue weighted by molar-refractivity contribution is -0.141. The van der Waals surface area contributed by atoms with E-state index in [1.165, 1.54) is 0 Å². The van der Waals surface area contributed by atoms with Gasteiger partial charge in [-0.15, -0.1) is 0 Å². The molecule has 1 heterocycles. The molecule has 2 N–H and O–H groups in total. The van der Waals surface area contributed by atoms with Crippen LogP contribution < -0.4 is 5.32 Å². The number of aliphatic carboxylic acids is 1. The van der Waals surface area contributed by atoms with Gasteiger partial charge in [0.15, 0.2) is 0 Å². The fourth-order valence-electron chi connectivity index (χ4n) is 2.32. The molecule has 21 heavy (non-hydrogen) atoms. The quantitative estimate of drug-likeness (QED) is 0.753. The monoisotopic (exact) mass is 294 g/mol. The van der Waals surface area contributed by atoms with Crippen molar-refractivity contribution in [2.24, 2.45) is 0 Å². The van der Waals surface area contributed by atoms with Crippen LogP contribution in [-0.2, 0) is 9.59 Å². The summed E-state index contributed by atoms with van der Waals surface area (Å²) in [4.78, 5) is 23.1. The molecule has 0 aliphatic rings. The first-order valence-corrected chi connectivity index (χ1v) is 6.92. The molecule has 0 bridgehead atoms. The molecule has 116 valence electrons. The van der Waals surface area contributed by atoms with Gasteiger partial charge in [-0.05, 0) is 33.1 Å². The number of carbonyl (C=O) groups excluding carboxylic acids is 1. The third-order valence-corrected chi connectivity index (χ3v) is 3.31. The molecule has 2 atom stereocenters. The van der Waals surface area contributed by atoms with Crippen molar-refractivity contribution in [2.75, 3.05) is 0 Å². The summed E-state index contributed by atoms with van der Waals surface area (Å²) < 4.78 is 5.09. The summed E-state index contributed by atoms with van der Waals surface area (Å²) in [5.74, 6) is -0.713. The topological polar surface area (TPSA) is 92.4 Å². The van der Waals surface area contributed by atoms with Crippen LogP contribution in [0.25, 0.3) is 0 Å². The van der Waals surface area contributed by atoms with Gasteiger partial charge in [0, 0.05) is 12.0 Å². The van der Waals surface area contributed by atoms with Crippen molar-refractivity contribution in [3.8, 4) is 0 Å². The Kier molecular flexibility index (Phi) is 6.14. The van der Waals surface area contributed by atoms with Gasteiger partial charge in [0.05, 0.1) is 5.69 Å². The summed E-state index contributed by atoms with van der Waals surface area (Å²) in [6.45, 7) is 7.33. The van der Waals surface area contributed by atoms with Gasteiger partial charge in [0.25, 0.3) is 0 Å². The van der Waals surface area contributed by atoms with E-state index in [0.29, 0.717) is 5.76 Å². The number of carboxylic acids is 1. The van der Waals surface area contributed by atoms with Crippen molar-refractivity contribution in [1.29, 1.82) is 0 Å². The molecular weight excluding hydrogens is 272 g/mol. The smallest absolute Gasteiger partial charge is 0.326 e. The molecule has 0 saturated heterocycles. The molecular formula is C15H22N2O4. The van der Waals surface area contributed by atoms with Crippen molar-refractivity contribution in [2.45, 2.75) is 52.5 Å². The minimum atomic E-state index is -1.04. The van der Waals surface area contributed by atoms with Crippen molar-refractivity contribution >= 4 is 11.9 Å². The number of hydrogen-bond donors (Lipinski definition) is 2. The normalized spacial score (nSPS) is 14.1. The van der Waals surface area contributed by atoms with Crippen molar-refractivity contribution in [3.05, 3.63) is 29.2 Å². The summed E-state index contributed by atoms with van der Waals surface area (Å²) in [7, 11) is 0. The summed E-state index contributed by atoms with van der Waals surface area (Å²) in [5.41, 5.74) is 1.67. The maximum absolute atomic E-state index is 12.0. The van der Waals surface area contributed by atoms with Gasteiger partial charge >= 0.3 is 5.97 Å². The van der Waals surface area contributed by atoms with Crippen LogP contribution in [0.4, 0.5) is 0 Å². The highest BCUT2D eigenvalue weighted by atomic mass is 16.5. The second-order valence-corrected chi connectivity index (χ2v) is 5.11. The third kappa shape index (κ3) is 4.73. The van der Waals surface area contributed by atoms with E-state index in [9.17, 15) is 9.59 Å². The predicted molar refractivity (Wildman–Crippen MR) is 78.0 cm³/mol. The van der Waals surface area contributed by atoms with E-state index >= 15 is 0 Å². The maximum atomic E-state index is 12.0. The Morgan fingerprint density at radius 2 is 2.10 bits per heavy atom. The van der Waals surface area contributed by atoms with Crippen LogP contribution >= 0.6 is 0 Å². The lowest BCUT2D eigenvalue weighted by Gasteiger charge is -2.15. The van der Waals surface area contributed by atoms with E-state index < -0.39 is 12.0 Å². The lowest BCUT2D eigenvalue weighted by atomic mass is 9.95. The number of rotatable bonds is 7. The number of hydrogen-bond acceptors (Lipinski definition) is 4. The molecule has 0 aromatic carbocycles. The Morgan fingerprint density at radius 1 is 1.43 bits per heavy atom. The molecule has 0 spiro atoms. The largest absolute Gasteiger partial charge is 0.480 e. The number of carbonyl (C=O) groups is 2. The van der Waals surface area contributed by atoms with E-state index in [2.05, 4.69) is 10.5 Å². The van der Waals surface area contributed by atoms with Crippen LogP contribution in [0.15, 0.2) is 16.7 Å². The highest BCUT2D eigenvalue weighted by molar-refractivity contribution is 5.84. The maximum Gasteiger partial charge on any atom is 0.326 e. The van der Waals surface area contributed by atoms with E-state index in [1.54, 1.807) is 26.0 Å². The highest BCUT2D eigenvalue weighted by Crippen LogP contribution is 2.25. The molecule has 0 fully saturated rings. The van der Waals surface area contributed by atoms with Crippen LogP contribution in [0, 0.1) is 13.8 Å². The number of amides is 1. The van der Waals surface area contributed by atoms with E-state index in [4.69, 9.17) is 9.63 Å². The number of carboxylic acid groups (broad SMARTS) is 1. The van der Waals surface area contributed by atoms with Gasteiger partial charge in [-0.2, -0.15) is 0 Å². The first kappa shape index (κ1) is 16.9. The fraction of sp³-hybridized carbons (Fsp3) is 0.533. The molecule has 0 aliphatic heterocycles. The number of aryl methyl sites for hydroxylation is 2. The van der Waals surface area contributed by atoms with E-state index in [0.717, 1.165) is 11.3 Å². The summed E-state index contributed by atoms with van der Waals surface area (Å²) >= 11 is 0. The second kappa shape index (κ2) is 7.61. The molecule has 6 heteroatoms. The molecule has 2 unspecified atom stereocenters. The summed E-state index contributed by atoms with van der Waals surface area (Å²) in [6.07, 6.45) is 3.95. The molecule has 1 aromatic heterocycles. The Hall–Kier alpha value is -2.11. The molecule has 6 nitrogen and oxygen atoms in total. The average Bonchev–Trinajstić information content (AvgIpc) is 2.73. The van der Waals surface area contributed by atoms with Gasteiger partial charge in [-0.3, -0.25) is 4.79 Å². The van der Waals surface area contributed by atoms with Crippen LogP contribution in [0.2, 0.25) is 0 Å². The van der Waals surface area contributed by atoms with Gasteiger partial charge in [0.2, 0.25) is 5.91 Å². The molecule has 1 rings (SSSR count). The Balaban J connectivity index is 2.65. The van der Waals surface area contributed by atoms with Gasteiger partial charge in [-0.25, -0.2) is 4.79 Å². The first-order valence-electron chi connectivity index (χ1n) is 6.92. The van der Waals surface area contributed by atoms with Gasteiger partial charge in [-0.1, -0.05) is 24.2 Å². The molecule has 1 aromatic rings. The van der Waals surface area contributed by atoms with Crippen molar-refractivity contribution < 1.29 is 19.2 Å². The Labute approximate surface area is 124 Å². The van der Waals surface area contributed by atoms with Gasteiger partial charge < -0.3 is 14.9 Å². The van der Waals surface area contributed by atoms with Crippen molar-refractivity contribution in [3.63, 3.8) is 0 Å². The van der Waals surface area contributed by atoms with Crippen LogP contribution in [-0.4, -0.2) is 28.2 Å². The minimum absolute atomic E-state index is 0.0765. The zero-order chi connectivity index (χ0) is 16.0. The highest BCUT2D eigenvalue weighted by Gasteiger charge is 2.22. The number of nitrogens with one attached hydrogen (secondary N) is 1. The third-order valence-electron chi connectivity index (χ3n) is 3.31. The zero-order valence-corrected chi connectivity index (χ0v) is 12.8. The number of aromatic nitrogens is 1.